The molecule has 0 saturated carbocycles. The van der Waals surface area contributed by atoms with Gasteiger partial charge in [0.15, 0.2) is 10.4 Å². The van der Waals surface area contributed by atoms with Gasteiger partial charge in [0.1, 0.15) is 6.04 Å². The third-order valence-electron chi connectivity index (χ3n) is 2.54. The third kappa shape index (κ3) is 1.97. The molecule has 1 aliphatic rings. The van der Waals surface area contributed by atoms with Crippen LogP contribution in [-0.2, 0) is 4.79 Å². The van der Waals surface area contributed by atoms with Crippen molar-refractivity contribution < 1.29 is 14.0 Å². The molecule has 0 aliphatic carbocycles. The van der Waals surface area contributed by atoms with Gasteiger partial charge < -0.3 is 14.6 Å². The summed E-state index contributed by atoms with van der Waals surface area (Å²) >= 11 is 3.13. The van der Waals surface area contributed by atoms with E-state index in [4.69, 9.17) is 4.42 Å². The Morgan fingerprint density at radius 3 is 3.00 bits per heavy atom. The van der Waals surface area contributed by atoms with Gasteiger partial charge in [-0.3, -0.25) is 9.59 Å². The number of rotatable bonds is 1. The van der Waals surface area contributed by atoms with Crippen molar-refractivity contribution in [1.82, 2.24) is 10.2 Å². The first-order valence-electron chi connectivity index (χ1n) is 4.93. The molecule has 1 aromatic heterocycles. The van der Waals surface area contributed by atoms with Crippen LogP contribution in [0.2, 0.25) is 0 Å². The number of hydrogen-bond donors (Lipinski definition) is 1. The zero-order valence-corrected chi connectivity index (χ0v) is 10.3. The summed E-state index contributed by atoms with van der Waals surface area (Å²) in [6.45, 7) is 2.69. The minimum atomic E-state index is -0.454. The van der Waals surface area contributed by atoms with E-state index in [-0.39, 0.29) is 17.6 Å². The maximum atomic E-state index is 12.0. The molecule has 1 aromatic rings. The minimum Gasteiger partial charge on any atom is -0.444 e. The molecule has 2 rings (SSSR count). The van der Waals surface area contributed by atoms with E-state index >= 15 is 0 Å². The zero-order chi connectivity index (χ0) is 11.7. The Morgan fingerprint density at radius 1 is 1.62 bits per heavy atom. The average Bonchev–Trinajstić information content (AvgIpc) is 2.68. The van der Waals surface area contributed by atoms with Crippen LogP contribution in [0.3, 0.4) is 0 Å². The molecule has 86 valence electrons. The molecule has 1 unspecified atom stereocenters. The maximum absolute atomic E-state index is 12.0. The lowest BCUT2D eigenvalue weighted by Gasteiger charge is -2.32. The zero-order valence-electron chi connectivity index (χ0n) is 8.70. The van der Waals surface area contributed by atoms with Gasteiger partial charge in [0.2, 0.25) is 5.91 Å². The van der Waals surface area contributed by atoms with Crippen LogP contribution in [0.4, 0.5) is 0 Å². The second-order valence-corrected chi connectivity index (χ2v) is 4.35. The number of carbonyl (C=O) groups excluding carboxylic acids is 2. The molecule has 0 spiro atoms. The van der Waals surface area contributed by atoms with Crippen molar-refractivity contribution in [3.05, 3.63) is 22.6 Å². The molecule has 1 fully saturated rings. The molecule has 0 bridgehead atoms. The largest absolute Gasteiger partial charge is 0.444 e. The van der Waals surface area contributed by atoms with Crippen LogP contribution in [0.5, 0.6) is 0 Å². The monoisotopic (exact) mass is 286 g/mol. The highest BCUT2D eigenvalue weighted by molar-refractivity contribution is 9.10. The van der Waals surface area contributed by atoms with E-state index in [9.17, 15) is 9.59 Å². The fourth-order valence-electron chi connectivity index (χ4n) is 1.63. The average molecular weight is 287 g/mol. The van der Waals surface area contributed by atoms with Gasteiger partial charge in [-0.1, -0.05) is 0 Å². The molecule has 6 heteroatoms. The smallest absolute Gasteiger partial charge is 0.290 e. The summed E-state index contributed by atoms with van der Waals surface area (Å²) < 4.78 is 5.68. The van der Waals surface area contributed by atoms with Crippen molar-refractivity contribution in [3.63, 3.8) is 0 Å². The van der Waals surface area contributed by atoms with Crippen molar-refractivity contribution >= 4 is 27.7 Å². The normalized spacial score (nSPS) is 20.8. The van der Waals surface area contributed by atoms with Crippen molar-refractivity contribution in [2.24, 2.45) is 0 Å². The Hall–Kier alpha value is -1.30. The van der Waals surface area contributed by atoms with Crippen LogP contribution in [0.25, 0.3) is 0 Å². The summed E-state index contributed by atoms with van der Waals surface area (Å²) in [5.41, 5.74) is 0. The van der Waals surface area contributed by atoms with E-state index in [1.807, 2.05) is 0 Å². The van der Waals surface area contributed by atoms with Crippen LogP contribution in [0.15, 0.2) is 21.2 Å². The highest BCUT2D eigenvalue weighted by Crippen LogP contribution is 2.17. The molecular weight excluding hydrogens is 276 g/mol. The first-order valence-corrected chi connectivity index (χ1v) is 5.73. The van der Waals surface area contributed by atoms with Crippen molar-refractivity contribution in [1.29, 1.82) is 0 Å². The molecule has 0 radical (unpaired) electrons. The summed E-state index contributed by atoms with van der Waals surface area (Å²) in [5, 5.41) is 2.70. The second kappa shape index (κ2) is 4.29. The van der Waals surface area contributed by atoms with Gasteiger partial charge in [-0.25, -0.2) is 0 Å². The highest BCUT2D eigenvalue weighted by Gasteiger charge is 2.31. The van der Waals surface area contributed by atoms with E-state index in [0.717, 1.165) is 0 Å². The topological polar surface area (TPSA) is 62.6 Å². The maximum Gasteiger partial charge on any atom is 0.290 e. The molecule has 1 atom stereocenters. The fraction of sp³-hybridized carbons (Fsp3) is 0.400. The van der Waals surface area contributed by atoms with Gasteiger partial charge in [-0.05, 0) is 35.0 Å². The first-order chi connectivity index (χ1) is 7.59. The van der Waals surface area contributed by atoms with E-state index in [0.29, 0.717) is 17.8 Å². The molecule has 2 heterocycles. The van der Waals surface area contributed by atoms with Gasteiger partial charge in [-0.15, -0.1) is 0 Å². The van der Waals surface area contributed by atoms with Crippen LogP contribution in [-0.4, -0.2) is 35.8 Å². The summed E-state index contributed by atoms with van der Waals surface area (Å²) in [6.07, 6.45) is 0. The Balaban J connectivity index is 2.18. The predicted octanol–water partition coefficient (Wildman–Crippen LogP) is 1.00. The molecule has 0 aromatic carbocycles. The summed E-state index contributed by atoms with van der Waals surface area (Å²) in [4.78, 5) is 24.9. The van der Waals surface area contributed by atoms with Gasteiger partial charge in [0.05, 0.1) is 0 Å². The van der Waals surface area contributed by atoms with Crippen LogP contribution in [0.1, 0.15) is 17.5 Å². The number of furan rings is 1. The predicted molar refractivity (Wildman–Crippen MR) is 59.9 cm³/mol. The van der Waals surface area contributed by atoms with Gasteiger partial charge in [-0.2, -0.15) is 0 Å². The van der Waals surface area contributed by atoms with Crippen LogP contribution < -0.4 is 5.32 Å². The lowest BCUT2D eigenvalue weighted by atomic mass is 10.2. The van der Waals surface area contributed by atoms with E-state index < -0.39 is 6.04 Å². The first kappa shape index (κ1) is 11.2. The quantitative estimate of drug-likeness (QED) is 0.838. The number of nitrogens with one attached hydrogen (secondary N) is 1. The van der Waals surface area contributed by atoms with E-state index in [1.165, 1.54) is 4.90 Å². The van der Waals surface area contributed by atoms with Gasteiger partial charge >= 0.3 is 0 Å². The Bertz CT molecular complexity index is 429. The molecule has 1 N–H and O–H groups in total. The number of carbonyl (C=O) groups is 2. The minimum absolute atomic E-state index is 0.134. The van der Waals surface area contributed by atoms with E-state index in [1.54, 1.807) is 19.1 Å². The number of halogens is 1. The fourth-order valence-corrected chi connectivity index (χ4v) is 1.94. The number of nitrogens with zero attached hydrogens (tertiary/aromatic N) is 1. The summed E-state index contributed by atoms with van der Waals surface area (Å²) in [6, 6.07) is 2.79. The number of hydrogen-bond acceptors (Lipinski definition) is 3. The summed E-state index contributed by atoms with van der Waals surface area (Å²) in [5.74, 6) is -0.147. The summed E-state index contributed by atoms with van der Waals surface area (Å²) in [7, 11) is 0. The van der Waals surface area contributed by atoms with Gasteiger partial charge in [0, 0.05) is 13.1 Å². The van der Waals surface area contributed by atoms with Crippen molar-refractivity contribution in [2.45, 2.75) is 13.0 Å². The lowest BCUT2D eigenvalue weighted by molar-refractivity contribution is -0.127. The molecule has 1 aliphatic heterocycles. The van der Waals surface area contributed by atoms with Crippen molar-refractivity contribution in [3.8, 4) is 0 Å². The standard InChI is InChI=1S/C10H11BrN2O3/c1-6-9(14)12-4-5-13(6)10(15)7-2-3-8(11)16-7/h2-3,6H,4-5H2,1H3,(H,12,14). The molecule has 2 amide bonds. The number of piperazine rings is 1. The Labute approximate surface area is 101 Å². The molecule has 5 nitrogen and oxygen atoms in total. The van der Waals surface area contributed by atoms with Crippen LogP contribution >= 0.6 is 15.9 Å². The third-order valence-corrected chi connectivity index (χ3v) is 2.97. The highest BCUT2D eigenvalue weighted by atomic mass is 79.9. The van der Waals surface area contributed by atoms with E-state index in [2.05, 4.69) is 21.2 Å². The molecule has 16 heavy (non-hydrogen) atoms. The Morgan fingerprint density at radius 2 is 2.38 bits per heavy atom. The molecular formula is C10H11BrN2O3. The SMILES string of the molecule is CC1C(=O)NCCN1C(=O)c1ccc(Br)o1. The van der Waals surface area contributed by atoms with Crippen LogP contribution in [0, 0.1) is 0 Å². The van der Waals surface area contributed by atoms with Crippen molar-refractivity contribution in [2.75, 3.05) is 13.1 Å². The Kier molecular flexibility index (Phi) is 3.00. The molecule has 1 saturated heterocycles. The lowest BCUT2D eigenvalue weighted by Crippen LogP contribution is -2.55. The second-order valence-electron chi connectivity index (χ2n) is 3.57. The number of amides is 2. The van der Waals surface area contributed by atoms with Gasteiger partial charge in [0.25, 0.3) is 5.91 Å².